The molecule has 3 rings (SSSR count). The van der Waals surface area contributed by atoms with Crippen LogP contribution >= 0.6 is 11.8 Å². The van der Waals surface area contributed by atoms with Crippen molar-refractivity contribution in [3.05, 3.63) is 54.6 Å². The average Bonchev–Trinajstić information content (AvgIpc) is 2.60. The predicted molar refractivity (Wildman–Crippen MR) is 106 cm³/mol. The standard InChI is InChI=1S/C17H15N3O3S2.Na/c1-24-15-9-5-4-8-13(15)19-20-14-10-16(25(21,22)23)11-6-2-3-7-12(11)17(14)18;/h2-10H,18H2,1H3,(H,21,22,23);. The summed E-state index contributed by atoms with van der Waals surface area (Å²) in [6, 6.07) is 15.3. The summed E-state index contributed by atoms with van der Waals surface area (Å²) in [6.45, 7) is 0. The van der Waals surface area contributed by atoms with Crippen LogP contribution in [-0.2, 0) is 10.1 Å². The van der Waals surface area contributed by atoms with Gasteiger partial charge in [0.25, 0.3) is 10.1 Å². The maximum atomic E-state index is 11.7. The second-order valence-corrected chi connectivity index (χ2v) is 7.44. The monoisotopic (exact) mass is 396 g/mol. The van der Waals surface area contributed by atoms with Crippen LogP contribution in [0.25, 0.3) is 10.8 Å². The minimum absolute atomic E-state index is 0. The van der Waals surface area contributed by atoms with Gasteiger partial charge in [-0.15, -0.1) is 22.0 Å². The molecule has 0 spiro atoms. The molecule has 0 bridgehead atoms. The Morgan fingerprint density at radius 2 is 1.54 bits per heavy atom. The first-order chi connectivity index (χ1) is 11.9. The Labute approximate surface area is 177 Å². The molecule has 0 saturated carbocycles. The normalized spacial score (nSPS) is 11.6. The maximum absolute atomic E-state index is 11.7. The zero-order chi connectivity index (χ0) is 18.0. The number of hydrogen-bond donors (Lipinski definition) is 2. The van der Waals surface area contributed by atoms with E-state index in [-0.39, 0.29) is 40.1 Å². The van der Waals surface area contributed by atoms with Crippen LogP contribution in [-0.4, -0.2) is 48.8 Å². The molecule has 0 aromatic heterocycles. The van der Waals surface area contributed by atoms with Gasteiger partial charge in [0, 0.05) is 45.2 Å². The van der Waals surface area contributed by atoms with E-state index in [1.165, 1.54) is 17.8 Å². The fraction of sp³-hybridized carbons (Fsp3) is 0.0588. The predicted octanol–water partition coefficient (Wildman–Crippen LogP) is 4.43. The van der Waals surface area contributed by atoms with E-state index < -0.39 is 10.1 Å². The van der Waals surface area contributed by atoms with Crippen molar-refractivity contribution in [3.63, 3.8) is 0 Å². The van der Waals surface area contributed by atoms with Crippen molar-refractivity contribution in [1.82, 2.24) is 0 Å². The van der Waals surface area contributed by atoms with Gasteiger partial charge in [-0.05, 0) is 24.5 Å². The van der Waals surface area contributed by atoms with Crippen molar-refractivity contribution in [2.75, 3.05) is 12.0 Å². The van der Waals surface area contributed by atoms with Gasteiger partial charge in [-0.3, -0.25) is 4.55 Å². The van der Waals surface area contributed by atoms with Crippen molar-refractivity contribution in [3.8, 4) is 0 Å². The van der Waals surface area contributed by atoms with Gasteiger partial charge in [-0.2, -0.15) is 8.42 Å². The maximum Gasteiger partial charge on any atom is 0.295 e. The molecule has 0 aliphatic carbocycles. The van der Waals surface area contributed by atoms with E-state index in [4.69, 9.17) is 5.73 Å². The van der Waals surface area contributed by atoms with Gasteiger partial charge in [0.05, 0.1) is 11.4 Å². The van der Waals surface area contributed by atoms with Crippen LogP contribution in [0.15, 0.2) is 74.6 Å². The zero-order valence-electron chi connectivity index (χ0n) is 14.2. The first kappa shape index (κ1) is 20.9. The summed E-state index contributed by atoms with van der Waals surface area (Å²) < 4.78 is 33.0. The zero-order valence-corrected chi connectivity index (χ0v) is 17.9. The number of nitrogen functional groups attached to an aromatic ring is 1. The number of benzene rings is 3. The molecule has 9 heteroatoms. The van der Waals surface area contributed by atoms with E-state index >= 15 is 0 Å². The van der Waals surface area contributed by atoms with E-state index in [1.807, 2.05) is 24.5 Å². The van der Waals surface area contributed by atoms with Gasteiger partial charge < -0.3 is 5.73 Å². The van der Waals surface area contributed by atoms with Crippen LogP contribution in [0.3, 0.4) is 0 Å². The van der Waals surface area contributed by atoms with Crippen molar-refractivity contribution < 1.29 is 13.0 Å². The minimum atomic E-state index is -4.43. The van der Waals surface area contributed by atoms with E-state index in [1.54, 1.807) is 30.3 Å². The molecule has 0 unspecified atom stereocenters. The summed E-state index contributed by atoms with van der Waals surface area (Å²) >= 11 is 1.52. The Bertz CT molecular complexity index is 1090. The van der Waals surface area contributed by atoms with Gasteiger partial charge >= 0.3 is 0 Å². The Morgan fingerprint density at radius 3 is 2.19 bits per heavy atom. The first-order valence-electron chi connectivity index (χ1n) is 7.25. The minimum Gasteiger partial charge on any atom is -0.396 e. The van der Waals surface area contributed by atoms with Crippen LogP contribution < -0.4 is 5.73 Å². The third-order valence-electron chi connectivity index (χ3n) is 3.66. The summed E-state index contributed by atoms with van der Waals surface area (Å²) in [5.41, 5.74) is 7.26. The summed E-state index contributed by atoms with van der Waals surface area (Å²) in [4.78, 5) is 0.685. The molecule has 3 aromatic rings. The number of nitrogens with zero attached hydrogens (tertiary/aromatic N) is 2. The molecule has 0 heterocycles. The molecule has 129 valence electrons. The topological polar surface area (TPSA) is 105 Å². The van der Waals surface area contributed by atoms with Crippen LogP contribution in [0, 0.1) is 0 Å². The van der Waals surface area contributed by atoms with Crippen molar-refractivity contribution in [2.24, 2.45) is 10.2 Å². The second kappa shape index (κ2) is 8.51. The van der Waals surface area contributed by atoms with E-state index in [9.17, 15) is 13.0 Å². The van der Waals surface area contributed by atoms with Crippen LogP contribution in [0.2, 0.25) is 0 Å². The van der Waals surface area contributed by atoms with Crippen LogP contribution in [0.4, 0.5) is 17.1 Å². The van der Waals surface area contributed by atoms with E-state index in [0.29, 0.717) is 22.1 Å². The van der Waals surface area contributed by atoms with Crippen LogP contribution in [0.5, 0.6) is 0 Å². The molecule has 0 fully saturated rings. The molecule has 26 heavy (non-hydrogen) atoms. The van der Waals surface area contributed by atoms with Crippen molar-refractivity contribution in [1.29, 1.82) is 0 Å². The molecule has 0 atom stereocenters. The van der Waals surface area contributed by atoms with Gasteiger partial charge in [-0.25, -0.2) is 0 Å². The number of anilines is 1. The molecule has 0 amide bonds. The number of azo groups is 1. The molecule has 3 aromatic carbocycles. The molecule has 0 aliphatic heterocycles. The Morgan fingerprint density at radius 1 is 0.962 bits per heavy atom. The smallest absolute Gasteiger partial charge is 0.295 e. The van der Waals surface area contributed by atoms with Gasteiger partial charge in [0.2, 0.25) is 0 Å². The van der Waals surface area contributed by atoms with Crippen molar-refractivity contribution >= 4 is 79.3 Å². The average molecular weight is 396 g/mol. The molecular formula is C17H15N3NaO3S2. The molecule has 0 saturated heterocycles. The second-order valence-electron chi connectivity index (χ2n) is 5.20. The van der Waals surface area contributed by atoms with E-state index in [0.717, 1.165) is 4.90 Å². The third-order valence-corrected chi connectivity index (χ3v) is 5.33. The fourth-order valence-corrected chi connectivity index (χ4v) is 3.72. The quantitative estimate of drug-likeness (QED) is 0.223. The summed E-state index contributed by atoms with van der Waals surface area (Å²) in [6.07, 6.45) is 1.93. The molecular weight excluding hydrogens is 381 g/mol. The Kier molecular flexibility index (Phi) is 6.84. The molecule has 1 radical (unpaired) electrons. The Balaban J connectivity index is 0.00000243. The molecule has 6 nitrogen and oxygen atoms in total. The molecule has 3 N–H and O–H groups in total. The van der Waals surface area contributed by atoms with Gasteiger partial charge in [-0.1, -0.05) is 36.4 Å². The molecule has 0 aliphatic rings. The number of nitrogens with two attached hydrogens (primary N) is 1. The van der Waals surface area contributed by atoms with Gasteiger partial charge in [0.15, 0.2) is 0 Å². The largest absolute Gasteiger partial charge is 0.396 e. The SMILES string of the molecule is CSc1ccccc1N=Nc1cc(S(=O)(=O)O)c2ccccc2c1N.[Na]. The Hall–Kier alpha value is -1.42. The fourth-order valence-electron chi connectivity index (χ4n) is 2.47. The van der Waals surface area contributed by atoms with E-state index in [2.05, 4.69) is 10.2 Å². The number of hydrogen-bond acceptors (Lipinski definition) is 6. The number of rotatable bonds is 4. The van der Waals surface area contributed by atoms with Crippen molar-refractivity contribution in [2.45, 2.75) is 9.79 Å². The summed E-state index contributed by atoms with van der Waals surface area (Å²) in [7, 11) is -4.43. The summed E-state index contributed by atoms with van der Waals surface area (Å²) in [5.74, 6) is 0. The van der Waals surface area contributed by atoms with Gasteiger partial charge in [0.1, 0.15) is 10.6 Å². The third kappa shape index (κ3) is 4.28. The summed E-state index contributed by atoms with van der Waals surface area (Å²) in [5, 5.41) is 9.14. The van der Waals surface area contributed by atoms with Crippen LogP contribution in [0.1, 0.15) is 0 Å². The number of fused-ring (bicyclic) bond motifs is 1. The number of thioether (sulfide) groups is 1. The first-order valence-corrected chi connectivity index (χ1v) is 9.92.